The molecule has 1 unspecified atom stereocenters. The highest BCUT2D eigenvalue weighted by Gasteiger charge is 2.39. The molecule has 0 radical (unpaired) electrons. The van der Waals surface area contributed by atoms with Gasteiger partial charge in [0.05, 0.1) is 0 Å². The average Bonchev–Trinajstić information content (AvgIpc) is 3.08. The number of carbonyl (C=O) groups excluding carboxylic acids is 4. The van der Waals surface area contributed by atoms with Crippen LogP contribution >= 0.6 is 0 Å². The number of hydrogen-bond donors (Lipinski definition) is 3. The summed E-state index contributed by atoms with van der Waals surface area (Å²) in [7, 11) is 0. The lowest BCUT2D eigenvalue weighted by Gasteiger charge is -2.32. The Kier molecular flexibility index (Phi) is 5.33. The van der Waals surface area contributed by atoms with Gasteiger partial charge in [0.15, 0.2) is 0 Å². The van der Waals surface area contributed by atoms with Gasteiger partial charge in [0.1, 0.15) is 17.9 Å². The minimum absolute atomic E-state index is 0.133. The number of anilines is 1. The summed E-state index contributed by atoms with van der Waals surface area (Å²) >= 11 is 0. The standard InChI is InChI=1S/C24H24N4O5/c25-15-10-18(11-15)33-17-4-1-13(2-5-17)22(30)26-16-3-6-19-14(9-16)12-28(24(19)32)20-7-8-21(29)27-23(20)31/h1-6,9,15,18,20H,7-8,10-12,25H2,(H,26,30)(H,27,29,31). The summed E-state index contributed by atoms with van der Waals surface area (Å²) < 4.78 is 5.81. The van der Waals surface area contributed by atoms with Crippen molar-refractivity contribution in [2.24, 2.45) is 5.73 Å². The first kappa shape index (κ1) is 21.1. The third kappa shape index (κ3) is 4.19. The van der Waals surface area contributed by atoms with Crippen LogP contribution in [0.2, 0.25) is 0 Å². The van der Waals surface area contributed by atoms with Crippen molar-refractivity contribution >= 4 is 29.3 Å². The molecule has 1 aliphatic carbocycles. The maximum Gasteiger partial charge on any atom is 0.255 e. The van der Waals surface area contributed by atoms with E-state index < -0.39 is 11.9 Å². The van der Waals surface area contributed by atoms with E-state index in [-0.39, 0.29) is 42.8 Å². The van der Waals surface area contributed by atoms with Crippen molar-refractivity contribution in [3.05, 3.63) is 59.2 Å². The van der Waals surface area contributed by atoms with Gasteiger partial charge in [0.25, 0.3) is 11.8 Å². The molecular weight excluding hydrogens is 424 g/mol. The van der Waals surface area contributed by atoms with Gasteiger partial charge in [-0.05, 0) is 67.3 Å². The Balaban J connectivity index is 1.23. The lowest BCUT2D eigenvalue weighted by atomic mass is 9.90. The van der Waals surface area contributed by atoms with E-state index >= 15 is 0 Å². The predicted octanol–water partition coefficient (Wildman–Crippen LogP) is 1.57. The first-order valence-electron chi connectivity index (χ1n) is 11.0. The number of piperidine rings is 1. The molecule has 3 aliphatic rings. The van der Waals surface area contributed by atoms with Gasteiger partial charge in [-0.2, -0.15) is 0 Å². The third-order valence-corrected chi connectivity index (χ3v) is 6.33. The molecule has 2 aliphatic heterocycles. The minimum atomic E-state index is -0.669. The third-order valence-electron chi connectivity index (χ3n) is 6.33. The fourth-order valence-electron chi connectivity index (χ4n) is 4.44. The summed E-state index contributed by atoms with van der Waals surface area (Å²) in [6, 6.07) is 11.5. The van der Waals surface area contributed by atoms with Gasteiger partial charge in [-0.3, -0.25) is 24.5 Å². The number of amides is 4. The number of ether oxygens (including phenoxy) is 1. The predicted molar refractivity (Wildman–Crippen MR) is 119 cm³/mol. The molecule has 0 bridgehead atoms. The summed E-state index contributed by atoms with van der Waals surface area (Å²) in [6.07, 6.45) is 2.32. The fraction of sp³-hybridized carbons (Fsp3) is 0.333. The average molecular weight is 448 g/mol. The molecule has 0 aromatic heterocycles. The second-order valence-corrected chi connectivity index (χ2v) is 8.72. The molecule has 2 fully saturated rings. The Morgan fingerprint density at radius 2 is 1.85 bits per heavy atom. The Labute approximate surface area is 190 Å². The van der Waals surface area contributed by atoms with E-state index in [0.717, 1.165) is 18.4 Å². The second-order valence-electron chi connectivity index (χ2n) is 8.72. The van der Waals surface area contributed by atoms with Crippen LogP contribution in [0.4, 0.5) is 5.69 Å². The number of fused-ring (bicyclic) bond motifs is 1. The number of nitrogens with two attached hydrogens (primary N) is 1. The Morgan fingerprint density at radius 3 is 2.55 bits per heavy atom. The van der Waals surface area contributed by atoms with Crippen molar-refractivity contribution < 1.29 is 23.9 Å². The molecule has 9 nitrogen and oxygen atoms in total. The molecular formula is C24H24N4O5. The van der Waals surface area contributed by atoms with Crippen molar-refractivity contribution in [3.8, 4) is 5.75 Å². The van der Waals surface area contributed by atoms with Crippen molar-refractivity contribution in [2.75, 3.05) is 5.32 Å². The summed E-state index contributed by atoms with van der Waals surface area (Å²) in [5, 5.41) is 5.14. The first-order chi connectivity index (χ1) is 15.9. The van der Waals surface area contributed by atoms with Gasteiger partial charge in [0, 0.05) is 35.8 Å². The van der Waals surface area contributed by atoms with Crippen LogP contribution < -0.4 is 21.1 Å². The number of hydrogen-bond acceptors (Lipinski definition) is 6. The van der Waals surface area contributed by atoms with Gasteiger partial charge in [-0.15, -0.1) is 0 Å². The summed E-state index contributed by atoms with van der Waals surface area (Å²) in [5.74, 6) is -0.599. The van der Waals surface area contributed by atoms with Gasteiger partial charge < -0.3 is 20.7 Å². The second kappa shape index (κ2) is 8.32. The van der Waals surface area contributed by atoms with Gasteiger partial charge in [-0.25, -0.2) is 0 Å². The van der Waals surface area contributed by atoms with Crippen LogP contribution in [0.1, 0.15) is 52.0 Å². The number of nitrogens with zero attached hydrogens (tertiary/aromatic N) is 1. The van der Waals surface area contributed by atoms with Crippen LogP contribution in [0.3, 0.4) is 0 Å². The molecule has 4 amide bonds. The Hall–Kier alpha value is -3.72. The van der Waals surface area contributed by atoms with E-state index in [1.807, 2.05) is 0 Å². The van der Waals surface area contributed by atoms with Gasteiger partial charge in [-0.1, -0.05) is 0 Å². The topological polar surface area (TPSA) is 131 Å². The summed E-state index contributed by atoms with van der Waals surface area (Å²) in [6.45, 7) is 0.251. The summed E-state index contributed by atoms with van der Waals surface area (Å²) in [5.41, 5.74) is 8.03. The van der Waals surface area contributed by atoms with Crippen LogP contribution in [0.5, 0.6) is 5.75 Å². The largest absolute Gasteiger partial charge is 0.490 e. The molecule has 2 aromatic carbocycles. The van der Waals surface area contributed by atoms with Crippen LogP contribution in [-0.4, -0.2) is 46.7 Å². The zero-order valence-electron chi connectivity index (χ0n) is 17.9. The monoisotopic (exact) mass is 448 g/mol. The molecule has 1 saturated carbocycles. The molecule has 170 valence electrons. The molecule has 5 rings (SSSR count). The maximum atomic E-state index is 12.8. The van der Waals surface area contributed by atoms with Crippen molar-refractivity contribution in [3.63, 3.8) is 0 Å². The molecule has 4 N–H and O–H groups in total. The van der Waals surface area contributed by atoms with Crippen LogP contribution in [0.15, 0.2) is 42.5 Å². The van der Waals surface area contributed by atoms with Crippen molar-refractivity contribution in [1.82, 2.24) is 10.2 Å². The Bertz CT molecular complexity index is 1140. The smallest absolute Gasteiger partial charge is 0.255 e. The molecule has 1 atom stereocenters. The molecule has 2 aromatic rings. The lowest BCUT2D eigenvalue weighted by molar-refractivity contribution is -0.136. The number of benzene rings is 2. The highest BCUT2D eigenvalue weighted by molar-refractivity contribution is 6.07. The molecule has 0 spiro atoms. The number of nitrogens with one attached hydrogen (secondary N) is 2. The highest BCUT2D eigenvalue weighted by Crippen LogP contribution is 2.30. The van der Waals surface area contributed by atoms with E-state index in [2.05, 4.69) is 10.6 Å². The van der Waals surface area contributed by atoms with Crippen LogP contribution in [0.25, 0.3) is 0 Å². The van der Waals surface area contributed by atoms with Crippen molar-refractivity contribution in [2.45, 2.75) is 50.4 Å². The molecule has 9 heteroatoms. The first-order valence-corrected chi connectivity index (χ1v) is 11.0. The van der Waals surface area contributed by atoms with E-state index in [1.54, 1.807) is 42.5 Å². The van der Waals surface area contributed by atoms with Gasteiger partial charge in [0.2, 0.25) is 11.8 Å². The van der Waals surface area contributed by atoms with E-state index in [9.17, 15) is 19.2 Å². The van der Waals surface area contributed by atoms with E-state index in [4.69, 9.17) is 10.5 Å². The molecule has 33 heavy (non-hydrogen) atoms. The van der Waals surface area contributed by atoms with E-state index in [0.29, 0.717) is 29.0 Å². The van der Waals surface area contributed by atoms with E-state index in [1.165, 1.54) is 4.90 Å². The normalized spacial score (nSPS) is 24.1. The maximum absolute atomic E-state index is 12.8. The molecule has 2 heterocycles. The van der Waals surface area contributed by atoms with Crippen LogP contribution in [-0.2, 0) is 16.1 Å². The number of carbonyl (C=O) groups is 4. The summed E-state index contributed by atoms with van der Waals surface area (Å²) in [4.78, 5) is 50.5. The fourth-order valence-corrected chi connectivity index (χ4v) is 4.44. The molecule has 1 saturated heterocycles. The Morgan fingerprint density at radius 1 is 1.09 bits per heavy atom. The zero-order chi connectivity index (χ0) is 23.1. The van der Waals surface area contributed by atoms with Gasteiger partial charge >= 0.3 is 0 Å². The number of rotatable bonds is 5. The SMILES string of the molecule is NC1CC(Oc2ccc(C(=O)Nc3ccc4c(c3)CN(C3CCC(=O)NC3=O)C4=O)cc2)C1. The van der Waals surface area contributed by atoms with Crippen molar-refractivity contribution in [1.29, 1.82) is 0 Å². The lowest BCUT2D eigenvalue weighted by Crippen LogP contribution is -2.52. The van der Waals surface area contributed by atoms with Crippen LogP contribution in [0, 0.1) is 0 Å². The highest BCUT2D eigenvalue weighted by atomic mass is 16.5. The minimum Gasteiger partial charge on any atom is -0.490 e. The zero-order valence-corrected chi connectivity index (χ0v) is 17.9. The quantitative estimate of drug-likeness (QED) is 0.595. The number of imide groups is 1.